The van der Waals surface area contributed by atoms with Crippen molar-refractivity contribution in [3.8, 4) is 5.75 Å². The molecule has 1 aromatic rings. The minimum absolute atomic E-state index is 0.328. The number of hydrogen-bond donors (Lipinski definition) is 0. The number of carbonyl (C=O) groups excluding carboxylic acids is 1. The van der Waals surface area contributed by atoms with Crippen LogP contribution in [0.4, 0.5) is 0 Å². The molecular formula is C18H22O3. The third-order valence-corrected chi connectivity index (χ3v) is 2.98. The SMILES string of the molecule is C=CC/C(C(=O)OCC)=C(/C(=C)C)c1ccc(OC)cc1. The average Bonchev–Trinajstić information content (AvgIpc) is 2.47. The van der Waals surface area contributed by atoms with E-state index in [4.69, 9.17) is 9.47 Å². The lowest BCUT2D eigenvalue weighted by atomic mass is 9.93. The predicted octanol–water partition coefficient (Wildman–Crippen LogP) is 4.16. The van der Waals surface area contributed by atoms with Crippen LogP contribution in [0.15, 0.2) is 54.6 Å². The fourth-order valence-electron chi connectivity index (χ4n) is 2.09. The van der Waals surface area contributed by atoms with Crippen LogP contribution in [0.25, 0.3) is 5.57 Å². The van der Waals surface area contributed by atoms with Gasteiger partial charge in [-0.1, -0.05) is 24.8 Å². The molecule has 0 spiro atoms. The molecule has 0 saturated carbocycles. The van der Waals surface area contributed by atoms with E-state index in [9.17, 15) is 4.79 Å². The van der Waals surface area contributed by atoms with E-state index in [-0.39, 0.29) is 5.97 Å². The van der Waals surface area contributed by atoms with E-state index in [0.29, 0.717) is 18.6 Å². The van der Waals surface area contributed by atoms with Gasteiger partial charge in [-0.3, -0.25) is 0 Å². The molecule has 3 nitrogen and oxygen atoms in total. The molecule has 1 rings (SSSR count). The Morgan fingerprint density at radius 2 is 1.90 bits per heavy atom. The second kappa shape index (κ2) is 8.10. The molecule has 112 valence electrons. The van der Waals surface area contributed by atoms with Crippen LogP contribution >= 0.6 is 0 Å². The highest BCUT2D eigenvalue weighted by Crippen LogP contribution is 2.29. The van der Waals surface area contributed by atoms with Gasteiger partial charge in [-0.05, 0) is 49.1 Å². The van der Waals surface area contributed by atoms with E-state index in [2.05, 4.69) is 13.2 Å². The molecule has 0 aliphatic heterocycles. The smallest absolute Gasteiger partial charge is 0.334 e. The average molecular weight is 286 g/mol. The van der Waals surface area contributed by atoms with Gasteiger partial charge in [0.05, 0.1) is 13.7 Å². The molecule has 3 heteroatoms. The molecule has 0 aromatic heterocycles. The van der Waals surface area contributed by atoms with Gasteiger partial charge in [-0.25, -0.2) is 4.79 Å². The molecule has 21 heavy (non-hydrogen) atoms. The van der Waals surface area contributed by atoms with E-state index in [1.54, 1.807) is 20.1 Å². The summed E-state index contributed by atoms with van der Waals surface area (Å²) in [7, 11) is 1.62. The lowest BCUT2D eigenvalue weighted by Gasteiger charge is -2.14. The maximum Gasteiger partial charge on any atom is 0.334 e. The molecule has 0 atom stereocenters. The number of hydrogen-bond acceptors (Lipinski definition) is 3. The van der Waals surface area contributed by atoms with E-state index in [1.807, 2.05) is 31.2 Å². The van der Waals surface area contributed by atoms with Crippen molar-refractivity contribution in [1.82, 2.24) is 0 Å². The summed E-state index contributed by atoms with van der Waals surface area (Å²) in [4.78, 5) is 12.2. The Bertz CT molecular complexity index is 550. The van der Waals surface area contributed by atoms with Gasteiger partial charge >= 0.3 is 5.97 Å². The van der Waals surface area contributed by atoms with Crippen LogP contribution in [-0.4, -0.2) is 19.7 Å². The lowest BCUT2D eigenvalue weighted by Crippen LogP contribution is -2.10. The molecule has 0 radical (unpaired) electrons. The van der Waals surface area contributed by atoms with Gasteiger partial charge in [0.2, 0.25) is 0 Å². The highest BCUT2D eigenvalue weighted by Gasteiger charge is 2.17. The molecule has 0 aliphatic rings. The van der Waals surface area contributed by atoms with Gasteiger partial charge in [0.15, 0.2) is 0 Å². The maximum atomic E-state index is 12.2. The van der Waals surface area contributed by atoms with E-state index < -0.39 is 0 Å². The van der Waals surface area contributed by atoms with Crippen molar-refractivity contribution in [2.24, 2.45) is 0 Å². The Labute approximate surface area is 126 Å². The fourth-order valence-corrected chi connectivity index (χ4v) is 2.09. The lowest BCUT2D eigenvalue weighted by molar-refractivity contribution is -0.138. The summed E-state index contributed by atoms with van der Waals surface area (Å²) in [5, 5.41) is 0. The first-order chi connectivity index (χ1) is 10.0. The largest absolute Gasteiger partial charge is 0.497 e. The zero-order chi connectivity index (χ0) is 15.8. The van der Waals surface area contributed by atoms with E-state index in [1.165, 1.54) is 0 Å². The molecule has 0 heterocycles. The van der Waals surface area contributed by atoms with Crippen LogP contribution in [-0.2, 0) is 9.53 Å². The Kier molecular flexibility index (Phi) is 6.47. The summed E-state index contributed by atoms with van der Waals surface area (Å²) in [6.07, 6.45) is 2.13. The van der Waals surface area contributed by atoms with Gasteiger partial charge in [-0.2, -0.15) is 0 Å². The van der Waals surface area contributed by atoms with Gasteiger partial charge in [-0.15, -0.1) is 6.58 Å². The van der Waals surface area contributed by atoms with Crippen LogP contribution in [0, 0.1) is 0 Å². The van der Waals surface area contributed by atoms with Crippen molar-refractivity contribution >= 4 is 11.5 Å². The summed E-state index contributed by atoms with van der Waals surface area (Å²) < 4.78 is 10.3. The molecule has 0 bridgehead atoms. The second-order valence-corrected chi connectivity index (χ2v) is 4.58. The summed E-state index contributed by atoms with van der Waals surface area (Å²) in [6, 6.07) is 7.53. The van der Waals surface area contributed by atoms with Crippen molar-refractivity contribution in [2.75, 3.05) is 13.7 Å². The molecule has 0 amide bonds. The van der Waals surface area contributed by atoms with Crippen molar-refractivity contribution in [2.45, 2.75) is 20.3 Å². The third-order valence-electron chi connectivity index (χ3n) is 2.98. The Hall–Kier alpha value is -2.29. The number of allylic oxidation sites excluding steroid dienone is 3. The van der Waals surface area contributed by atoms with Crippen LogP contribution in [0.2, 0.25) is 0 Å². The number of benzene rings is 1. The van der Waals surface area contributed by atoms with Gasteiger partial charge in [0, 0.05) is 5.57 Å². The zero-order valence-corrected chi connectivity index (χ0v) is 12.9. The second-order valence-electron chi connectivity index (χ2n) is 4.58. The monoisotopic (exact) mass is 286 g/mol. The van der Waals surface area contributed by atoms with Crippen LogP contribution in [0.5, 0.6) is 5.75 Å². The molecular weight excluding hydrogens is 264 g/mol. The summed E-state index contributed by atoms with van der Waals surface area (Å²) >= 11 is 0. The first-order valence-electron chi connectivity index (χ1n) is 6.86. The molecule has 0 N–H and O–H groups in total. The van der Waals surface area contributed by atoms with Gasteiger partial charge in [0.1, 0.15) is 5.75 Å². The quantitative estimate of drug-likeness (QED) is 0.327. The normalized spacial score (nSPS) is 11.4. The standard InChI is InChI=1S/C18H22O3/c1-6-8-16(18(19)21-7-2)17(13(3)4)14-9-11-15(20-5)12-10-14/h6,9-12H,1,3,7-8H2,2,4-5H3/b17-16+. The number of methoxy groups -OCH3 is 1. The van der Waals surface area contributed by atoms with Crippen molar-refractivity contribution in [3.63, 3.8) is 0 Å². The van der Waals surface area contributed by atoms with Crippen molar-refractivity contribution < 1.29 is 14.3 Å². The minimum Gasteiger partial charge on any atom is -0.497 e. The van der Waals surface area contributed by atoms with Gasteiger partial charge in [0.25, 0.3) is 0 Å². The van der Waals surface area contributed by atoms with Crippen molar-refractivity contribution in [1.29, 1.82) is 0 Å². The summed E-state index contributed by atoms with van der Waals surface area (Å²) in [5.41, 5.74) is 3.10. The number of ether oxygens (including phenoxy) is 2. The first kappa shape index (κ1) is 16.8. The van der Waals surface area contributed by atoms with Crippen LogP contribution in [0.1, 0.15) is 25.8 Å². The maximum absolute atomic E-state index is 12.2. The number of rotatable bonds is 7. The molecule has 1 aromatic carbocycles. The Morgan fingerprint density at radius 3 is 2.33 bits per heavy atom. The topological polar surface area (TPSA) is 35.5 Å². The molecule has 0 fully saturated rings. The predicted molar refractivity (Wildman–Crippen MR) is 86.2 cm³/mol. The van der Waals surface area contributed by atoms with Gasteiger partial charge < -0.3 is 9.47 Å². The summed E-state index contributed by atoms with van der Waals surface area (Å²) in [5.74, 6) is 0.437. The number of esters is 1. The van der Waals surface area contributed by atoms with Crippen molar-refractivity contribution in [3.05, 3.63) is 60.2 Å². The zero-order valence-electron chi connectivity index (χ0n) is 12.9. The van der Waals surface area contributed by atoms with E-state index in [0.717, 1.165) is 22.5 Å². The summed E-state index contributed by atoms with van der Waals surface area (Å²) in [6.45, 7) is 11.7. The van der Waals surface area contributed by atoms with Crippen LogP contribution in [0.3, 0.4) is 0 Å². The molecule has 0 aliphatic carbocycles. The Balaban J connectivity index is 3.38. The fraction of sp³-hybridized carbons (Fsp3) is 0.278. The highest BCUT2D eigenvalue weighted by molar-refractivity contribution is 6.01. The molecule has 0 unspecified atom stereocenters. The van der Waals surface area contributed by atoms with Crippen LogP contribution < -0.4 is 4.74 Å². The highest BCUT2D eigenvalue weighted by atomic mass is 16.5. The minimum atomic E-state index is -0.328. The first-order valence-corrected chi connectivity index (χ1v) is 6.86. The van der Waals surface area contributed by atoms with E-state index >= 15 is 0 Å². The third kappa shape index (κ3) is 4.35. The number of carbonyl (C=O) groups is 1. The molecule has 0 saturated heterocycles. The Morgan fingerprint density at radius 1 is 1.29 bits per heavy atom.